The summed E-state index contributed by atoms with van der Waals surface area (Å²) in [5.41, 5.74) is 2.46. The summed E-state index contributed by atoms with van der Waals surface area (Å²) in [5, 5.41) is 0. The lowest BCUT2D eigenvalue weighted by Crippen LogP contribution is -2.04. The van der Waals surface area contributed by atoms with E-state index < -0.39 is 22.4 Å². The van der Waals surface area contributed by atoms with Crippen LogP contribution in [0.4, 0.5) is 13.2 Å². The largest absolute Gasteiger partial charge is 0.486 e. The SMILES string of the molecule is O=[SH](=O)c1ccc(-c2ccc3[nH]c(COc4ccc(C(F)(F)F)cc4)nc3c2)cc1. The zero-order valence-corrected chi connectivity index (χ0v) is 16.2. The molecule has 4 aromatic rings. The highest BCUT2D eigenvalue weighted by Crippen LogP contribution is 2.30. The van der Waals surface area contributed by atoms with E-state index in [-0.39, 0.29) is 11.5 Å². The Kier molecular flexibility index (Phi) is 5.21. The fourth-order valence-electron chi connectivity index (χ4n) is 2.97. The first-order chi connectivity index (χ1) is 14.3. The summed E-state index contributed by atoms with van der Waals surface area (Å²) in [7, 11) is -2.62. The third-order valence-electron chi connectivity index (χ3n) is 4.50. The molecule has 0 radical (unpaired) electrons. The number of thiol groups is 1. The first-order valence-corrected chi connectivity index (χ1v) is 10.0. The Morgan fingerprint density at radius 2 is 1.57 bits per heavy atom. The zero-order valence-electron chi connectivity index (χ0n) is 15.3. The minimum absolute atomic E-state index is 0.0701. The molecule has 0 unspecified atom stereocenters. The second-order valence-corrected chi connectivity index (χ2v) is 7.56. The van der Waals surface area contributed by atoms with Crippen LogP contribution in [0.3, 0.4) is 0 Å². The molecule has 1 aromatic heterocycles. The molecule has 1 N–H and O–H groups in total. The molecule has 0 aliphatic carbocycles. The quantitative estimate of drug-likeness (QED) is 0.445. The van der Waals surface area contributed by atoms with E-state index in [1.165, 1.54) is 12.1 Å². The van der Waals surface area contributed by atoms with Crippen molar-refractivity contribution in [3.05, 3.63) is 78.1 Å². The highest BCUT2D eigenvalue weighted by molar-refractivity contribution is 7.72. The number of ether oxygens (including phenoxy) is 1. The first kappa shape index (κ1) is 20.0. The number of H-pyrrole nitrogens is 1. The number of hydrogen-bond donors (Lipinski definition) is 2. The average Bonchev–Trinajstić information content (AvgIpc) is 3.14. The monoisotopic (exact) mass is 432 g/mol. The van der Waals surface area contributed by atoms with Gasteiger partial charge in [0.05, 0.1) is 21.5 Å². The van der Waals surface area contributed by atoms with E-state index in [4.69, 9.17) is 4.74 Å². The van der Waals surface area contributed by atoms with E-state index in [1.54, 1.807) is 24.3 Å². The van der Waals surface area contributed by atoms with Gasteiger partial charge < -0.3 is 9.72 Å². The van der Waals surface area contributed by atoms with Crippen molar-refractivity contribution in [3.63, 3.8) is 0 Å². The molecule has 0 spiro atoms. The van der Waals surface area contributed by atoms with Gasteiger partial charge in [-0.3, -0.25) is 0 Å². The van der Waals surface area contributed by atoms with Gasteiger partial charge in [-0.25, -0.2) is 13.4 Å². The van der Waals surface area contributed by atoms with Crippen molar-refractivity contribution < 1.29 is 26.3 Å². The number of aromatic nitrogens is 2. The number of imidazole rings is 1. The van der Waals surface area contributed by atoms with Crippen LogP contribution in [0.5, 0.6) is 5.75 Å². The first-order valence-electron chi connectivity index (χ1n) is 8.83. The number of fused-ring (bicyclic) bond motifs is 1. The lowest BCUT2D eigenvalue weighted by molar-refractivity contribution is -0.137. The van der Waals surface area contributed by atoms with Gasteiger partial charge in [0.25, 0.3) is 0 Å². The van der Waals surface area contributed by atoms with Gasteiger partial charge in [-0.2, -0.15) is 13.2 Å². The summed E-state index contributed by atoms with van der Waals surface area (Å²) >= 11 is 0. The number of nitrogens with one attached hydrogen (secondary N) is 1. The minimum Gasteiger partial charge on any atom is -0.486 e. The van der Waals surface area contributed by atoms with Gasteiger partial charge in [0.2, 0.25) is 0 Å². The molecule has 0 saturated heterocycles. The van der Waals surface area contributed by atoms with Crippen molar-refractivity contribution in [2.75, 3.05) is 0 Å². The van der Waals surface area contributed by atoms with Crippen LogP contribution in [-0.4, -0.2) is 18.4 Å². The van der Waals surface area contributed by atoms with Crippen molar-refractivity contribution in [3.8, 4) is 16.9 Å². The van der Waals surface area contributed by atoms with E-state index in [0.717, 1.165) is 28.8 Å². The lowest BCUT2D eigenvalue weighted by Gasteiger charge is -2.08. The summed E-state index contributed by atoms with van der Waals surface area (Å²) in [6, 6.07) is 16.6. The molecule has 0 bridgehead atoms. The third kappa shape index (κ3) is 4.30. The van der Waals surface area contributed by atoms with Gasteiger partial charge in [0, 0.05) is 0 Å². The van der Waals surface area contributed by atoms with Crippen molar-refractivity contribution in [1.82, 2.24) is 9.97 Å². The summed E-state index contributed by atoms with van der Waals surface area (Å²) in [4.78, 5) is 7.81. The number of alkyl halides is 3. The number of halogens is 3. The van der Waals surface area contributed by atoms with E-state index in [9.17, 15) is 21.6 Å². The maximum absolute atomic E-state index is 12.6. The molecule has 0 aliphatic rings. The Morgan fingerprint density at radius 1 is 0.900 bits per heavy atom. The molecular weight excluding hydrogens is 417 g/mol. The molecule has 5 nitrogen and oxygen atoms in total. The number of aromatic amines is 1. The number of nitrogens with zero attached hydrogens (tertiary/aromatic N) is 1. The second-order valence-electron chi connectivity index (χ2n) is 6.53. The van der Waals surface area contributed by atoms with Gasteiger partial charge in [0.1, 0.15) is 18.2 Å². The van der Waals surface area contributed by atoms with E-state index in [2.05, 4.69) is 9.97 Å². The molecule has 9 heteroatoms. The Labute approximate surface area is 171 Å². The van der Waals surface area contributed by atoms with E-state index in [0.29, 0.717) is 17.1 Å². The standard InChI is InChI=1S/C21H15F3N2O3S/c22-21(23,24)15-4-6-16(7-5-15)29-12-20-25-18-10-3-14(11-19(18)26-20)13-1-8-17(9-2-13)30(27)28/h1-11,30H,12H2,(H,25,26). The van der Waals surface area contributed by atoms with Gasteiger partial charge in [0.15, 0.2) is 10.7 Å². The fraction of sp³-hybridized carbons (Fsp3) is 0.0952. The van der Waals surface area contributed by atoms with Crippen LogP contribution in [0.1, 0.15) is 11.4 Å². The zero-order chi connectivity index (χ0) is 21.3. The van der Waals surface area contributed by atoms with Crippen molar-refractivity contribution in [2.24, 2.45) is 0 Å². The molecule has 3 aromatic carbocycles. The van der Waals surface area contributed by atoms with Gasteiger partial charge in [-0.05, 0) is 59.7 Å². The van der Waals surface area contributed by atoms with Crippen LogP contribution >= 0.6 is 0 Å². The summed E-state index contributed by atoms with van der Waals surface area (Å²) in [6.45, 7) is 0.0701. The van der Waals surface area contributed by atoms with Crippen LogP contribution in [0.25, 0.3) is 22.2 Å². The highest BCUT2D eigenvalue weighted by Gasteiger charge is 2.30. The molecule has 1 heterocycles. The molecule has 154 valence electrons. The Morgan fingerprint density at radius 3 is 2.20 bits per heavy atom. The van der Waals surface area contributed by atoms with Crippen molar-refractivity contribution in [1.29, 1.82) is 0 Å². The predicted octanol–water partition coefficient (Wildman–Crippen LogP) is 4.80. The van der Waals surface area contributed by atoms with Crippen LogP contribution in [0, 0.1) is 0 Å². The second kappa shape index (κ2) is 7.83. The lowest BCUT2D eigenvalue weighted by atomic mass is 10.1. The van der Waals surface area contributed by atoms with Crippen LogP contribution < -0.4 is 4.74 Å². The maximum Gasteiger partial charge on any atom is 0.416 e. The van der Waals surface area contributed by atoms with Gasteiger partial charge in [-0.1, -0.05) is 18.2 Å². The number of benzene rings is 3. The molecule has 30 heavy (non-hydrogen) atoms. The number of hydrogen-bond acceptors (Lipinski definition) is 4. The molecule has 0 aliphatic heterocycles. The maximum atomic E-state index is 12.6. The summed E-state index contributed by atoms with van der Waals surface area (Å²) in [6.07, 6.45) is -4.39. The van der Waals surface area contributed by atoms with E-state index >= 15 is 0 Å². The molecule has 0 saturated carbocycles. The third-order valence-corrected chi connectivity index (χ3v) is 5.22. The van der Waals surface area contributed by atoms with E-state index in [1.807, 2.05) is 18.2 Å². The molecular formula is C21H15F3N2O3S. The highest BCUT2D eigenvalue weighted by atomic mass is 32.2. The number of rotatable bonds is 5. The molecule has 0 amide bonds. The fourth-order valence-corrected chi connectivity index (χ4v) is 3.37. The van der Waals surface area contributed by atoms with Crippen LogP contribution in [0.15, 0.2) is 71.6 Å². The summed E-state index contributed by atoms with van der Waals surface area (Å²) in [5.74, 6) is 0.835. The topological polar surface area (TPSA) is 72.0 Å². The van der Waals surface area contributed by atoms with Gasteiger partial charge in [-0.15, -0.1) is 0 Å². The normalized spacial score (nSPS) is 11.9. The average molecular weight is 432 g/mol. The minimum atomic E-state index is -4.39. The Bertz CT molecular complexity index is 1250. The van der Waals surface area contributed by atoms with Crippen LogP contribution in [0.2, 0.25) is 0 Å². The Hall–Kier alpha value is -3.33. The van der Waals surface area contributed by atoms with Crippen LogP contribution in [-0.2, 0) is 23.5 Å². The molecule has 0 fully saturated rings. The molecule has 4 rings (SSSR count). The van der Waals surface area contributed by atoms with Gasteiger partial charge >= 0.3 is 6.18 Å². The smallest absolute Gasteiger partial charge is 0.416 e. The van der Waals surface area contributed by atoms with Crippen molar-refractivity contribution in [2.45, 2.75) is 17.7 Å². The summed E-state index contributed by atoms with van der Waals surface area (Å²) < 4.78 is 65.4. The molecule has 0 atom stereocenters. The predicted molar refractivity (Wildman–Crippen MR) is 106 cm³/mol. The Balaban J connectivity index is 1.49. The van der Waals surface area contributed by atoms with Crippen molar-refractivity contribution >= 4 is 21.7 Å².